The van der Waals surface area contributed by atoms with Crippen LogP contribution in [-0.2, 0) is 4.74 Å². The Bertz CT molecular complexity index is 868. The van der Waals surface area contributed by atoms with Crippen LogP contribution < -0.4 is 5.32 Å². The van der Waals surface area contributed by atoms with E-state index in [1.54, 1.807) is 26.8 Å². The molecule has 0 bridgehead atoms. The lowest BCUT2D eigenvalue weighted by atomic mass is 10.0. The first-order chi connectivity index (χ1) is 13.6. The minimum absolute atomic E-state index is 0.222. The van der Waals surface area contributed by atoms with Gasteiger partial charge in [0, 0.05) is 17.1 Å². The quantitative estimate of drug-likeness (QED) is 0.716. The van der Waals surface area contributed by atoms with E-state index >= 15 is 0 Å². The van der Waals surface area contributed by atoms with Crippen molar-refractivity contribution in [2.24, 2.45) is 0 Å². The van der Waals surface area contributed by atoms with Crippen molar-refractivity contribution < 1.29 is 22.7 Å². The number of nitrogens with zero attached hydrogens (tertiary/aromatic N) is 2. The average Bonchev–Trinajstić information content (AvgIpc) is 3.02. The lowest BCUT2D eigenvalue weighted by Crippen LogP contribution is -2.36. The highest BCUT2D eigenvalue weighted by Crippen LogP contribution is 2.34. The zero-order chi connectivity index (χ0) is 21.3. The SMILES string of the molecule is CN1CCC(Nc2cccc3c2cc(C(=O)OC(C)(C)C)n3C(F)C(F)F)CC1. The highest BCUT2D eigenvalue weighted by Gasteiger charge is 2.31. The molecule has 1 aromatic heterocycles. The van der Waals surface area contributed by atoms with Gasteiger partial charge in [-0.05, 0) is 71.9 Å². The molecule has 1 fully saturated rings. The number of nitrogens with one attached hydrogen (secondary N) is 1. The maximum Gasteiger partial charge on any atom is 0.355 e. The second-order valence-corrected chi connectivity index (χ2v) is 8.57. The maximum atomic E-state index is 14.5. The van der Waals surface area contributed by atoms with Gasteiger partial charge in [-0.25, -0.2) is 18.0 Å². The number of ether oxygens (including phenoxy) is 1. The number of hydrogen-bond donors (Lipinski definition) is 1. The van der Waals surface area contributed by atoms with Crippen LogP contribution in [0.5, 0.6) is 0 Å². The van der Waals surface area contributed by atoms with Crippen molar-refractivity contribution in [3.05, 3.63) is 30.0 Å². The van der Waals surface area contributed by atoms with E-state index in [0.717, 1.165) is 30.5 Å². The van der Waals surface area contributed by atoms with Gasteiger partial charge in [-0.3, -0.25) is 4.57 Å². The van der Waals surface area contributed by atoms with Crippen molar-refractivity contribution in [2.75, 3.05) is 25.5 Å². The molecular weight excluding hydrogens is 383 g/mol. The maximum absolute atomic E-state index is 14.5. The van der Waals surface area contributed by atoms with Crippen LogP contribution in [0.3, 0.4) is 0 Å². The Kier molecular flexibility index (Phi) is 6.12. The van der Waals surface area contributed by atoms with Crippen LogP contribution in [0.1, 0.15) is 50.4 Å². The average molecular weight is 411 g/mol. The fourth-order valence-corrected chi connectivity index (χ4v) is 3.62. The van der Waals surface area contributed by atoms with Crippen molar-refractivity contribution in [1.82, 2.24) is 9.47 Å². The summed E-state index contributed by atoms with van der Waals surface area (Å²) in [5.41, 5.74) is -0.122. The molecule has 1 atom stereocenters. The monoisotopic (exact) mass is 411 g/mol. The summed E-state index contributed by atoms with van der Waals surface area (Å²) in [6, 6.07) is 6.70. The number of likely N-dealkylation sites (tertiary alicyclic amines) is 1. The molecule has 0 saturated carbocycles. The molecule has 1 aromatic carbocycles. The zero-order valence-corrected chi connectivity index (χ0v) is 17.2. The number of halogens is 3. The number of fused-ring (bicyclic) bond motifs is 1. The van der Waals surface area contributed by atoms with Gasteiger partial charge in [0.05, 0.1) is 5.52 Å². The number of anilines is 1. The smallest absolute Gasteiger partial charge is 0.355 e. The van der Waals surface area contributed by atoms with Gasteiger partial charge in [0.1, 0.15) is 11.3 Å². The van der Waals surface area contributed by atoms with Crippen molar-refractivity contribution >= 4 is 22.6 Å². The van der Waals surface area contributed by atoms with E-state index in [2.05, 4.69) is 17.3 Å². The Labute approximate surface area is 168 Å². The van der Waals surface area contributed by atoms with Crippen LogP contribution >= 0.6 is 0 Å². The Hall–Kier alpha value is -2.22. The van der Waals surface area contributed by atoms with Gasteiger partial charge in [-0.1, -0.05) is 6.07 Å². The summed E-state index contributed by atoms with van der Waals surface area (Å²) in [7, 11) is 2.07. The third-order valence-electron chi connectivity index (χ3n) is 5.02. The number of benzene rings is 1. The van der Waals surface area contributed by atoms with Gasteiger partial charge in [0.25, 0.3) is 6.43 Å². The van der Waals surface area contributed by atoms with Crippen molar-refractivity contribution in [1.29, 1.82) is 0 Å². The van der Waals surface area contributed by atoms with E-state index in [1.165, 1.54) is 12.1 Å². The molecule has 0 amide bonds. The van der Waals surface area contributed by atoms with Gasteiger partial charge in [0.2, 0.25) is 6.30 Å². The zero-order valence-electron chi connectivity index (χ0n) is 17.2. The van der Waals surface area contributed by atoms with Gasteiger partial charge in [-0.15, -0.1) is 0 Å². The summed E-state index contributed by atoms with van der Waals surface area (Å²) in [6.45, 7) is 6.92. The Morgan fingerprint density at radius 3 is 2.45 bits per heavy atom. The molecule has 1 aliphatic rings. The molecule has 2 aromatic rings. The number of alkyl halides is 3. The number of hydrogen-bond acceptors (Lipinski definition) is 4. The highest BCUT2D eigenvalue weighted by atomic mass is 19.3. The van der Waals surface area contributed by atoms with E-state index in [0.29, 0.717) is 11.1 Å². The number of carbonyl (C=O) groups excluding carboxylic acids is 1. The molecule has 8 heteroatoms. The van der Waals surface area contributed by atoms with Crippen molar-refractivity contribution in [3.8, 4) is 0 Å². The Morgan fingerprint density at radius 2 is 1.86 bits per heavy atom. The summed E-state index contributed by atoms with van der Waals surface area (Å²) >= 11 is 0. The van der Waals surface area contributed by atoms with Crippen LogP contribution in [0.2, 0.25) is 0 Å². The minimum Gasteiger partial charge on any atom is -0.455 e. The largest absolute Gasteiger partial charge is 0.455 e. The molecule has 29 heavy (non-hydrogen) atoms. The standard InChI is InChI=1S/C21H28F3N3O2/c1-21(2,3)29-20(28)17-12-14-15(25-13-8-10-26(4)11-9-13)6-5-7-16(14)27(17)19(24)18(22)23/h5-7,12-13,18-19,25H,8-11H2,1-4H3. The first kappa shape index (κ1) is 21.5. The molecule has 160 valence electrons. The molecule has 1 aliphatic heterocycles. The van der Waals surface area contributed by atoms with Crippen molar-refractivity contribution in [3.63, 3.8) is 0 Å². The second-order valence-electron chi connectivity index (χ2n) is 8.57. The molecule has 1 saturated heterocycles. The topological polar surface area (TPSA) is 46.5 Å². The van der Waals surface area contributed by atoms with E-state index in [4.69, 9.17) is 4.74 Å². The number of piperidine rings is 1. The number of rotatable bonds is 5. The molecule has 0 spiro atoms. The first-order valence-electron chi connectivity index (χ1n) is 9.81. The van der Waals surface area contributed by atoms with Crippen LogP contribution in [-0.4, -0.2) is 53.6 Å². The fraction of sp³-hybridized carbons (Fsp3) is 0.571. The molecular formula is C21H28F3N3O2. The lowest BCUT2D eigenvalue weighted by Gasteiger charge is -2.30. The van der Waals surface area contributed by atoms with Gasteiger partial charge in [0.15, 0.2) is 0 Å². The predicted octanol–water partition coefficient (Wildman–Crippen LogP) is 4.84. The molecule has 0 radical (unpaired) electrons. The predicted molar refractivity (Wildman–Crippen MR) is 107 cm³/mol. The molecule has 0 aliphatic carbocycles. The summed E-state index contributed by atoms with van der Waals surface area (Å²) in [4.78, 5) is 14.9. The van der Waals surface area contributed by atoms with Gasteiger partial charge < -0.3 is 15.0 Å². The summed E-state index contributed by atoms with van der Waals surface area (Å²) in [5, 5.41) is 3.96. The van der Waals surface area contributed by atoms with Crippen molar-refractivity contribution in [2.45, 2.75) is 58.0 Å². The number of esters is 1. The third kappa shape index (κ3) is 4.86. The molecule has 5 nitrogen and oxygen atoms in total. The fourth-order valence-electron chi connectivity index (χ4n) is 3.62. The second kappa shape index (κ2) is 8.26. The van der Waals surface area contributed by atoms with Gasteiger partial charge in [-0.2, -0.15) is 0 Å². The molecule has 1 unspecified atom stereocenters. The highest BCUT2D eigenvalue weighted by molar-refractivity contribution is 6.01. The van der Waals surface area contributed by atoms with E-state index < -0.39 is 24.3 Å². The molecule has 3 rings (SSSR count). The number of aromatic nitrogens is 1. The summed E-state index contributed by atoms with van der Waals surface area (Å²) < 4.78 is 47.0. The Morgan fingerprint density at radius 1 is 1.21 bits per heavy atom. The summed E-state index contributed by atoms with van der Waals surface area (Å²) in [5.74, 6) is -0.831. The minimum atomic E-state index is -3.27. The van der Waals surface area contributed by atoms with E-state index in [9.17, 15) is 18.0 Å². The first-order valence-corrected chi connectivity index (χ1v) is 9.81. The van der Waals surface area contributed by atoms with Gasteiger partial charge >= 0.3 is 5.97 Å². The van der Waals surface area contributed by atoms with E-state index in [-0.39, 0.29) is 17.3 Å². The van der Waals surface area contributed by atoms with Crippen LogP contribution in [0.15, 0.2) is 24.3 Å². The molecule has 1 N–H and O–H groups in total. The third-order valence-corrected chi connectivity index (χ3v) is 5.02. The number of carbonyl (C=O) groups is 1. The van der Waals surface area contributed by atoms with Crippen LogP contribution in [0.4, 0.5) is 18.9 Å². The Balaban J connectivity index is 2.03. The molecule has 2 heterocycles. The van der Waals surface area contributed by atoms with E-state index in [1.807, 2.05) is 6.07 Å². The van der Waals surface area contributed by atoms with Crippen LogP contribution in [0, 0.1) is 0 Å². The lowest BCUT2D eigenvalue weighted by molar-refractivity contribution is -0.00407. The van der Waals surface area contributed by atoms with Crippen LogP contribution in [0.25, 0.3) is 10.9 Å². The summed E-state index contributed by atoms with van der Waals surface area (Å²) in [6.07, 6.45) is -4.03. The normalized spacial score (nSPS) is 17.7.